The van der Waals surface area contributed by atoms with Crippen LogP contribution in [0.3, 0.4) is 0 Å². The quantitative estimate of drug-likeness (QED) is 0.147. The predicted octanol–water partition coefficient (Wildman–Crippen LogP) is 5.57. The molecule has 11 heteroatoms. The minimum Gasteiger partial charge on any atom is -0.482 e. The van der Waals surface area contributed by atoms with E-state index in [1.165, 1.54) is 35.2 Å². The van der Waals surface area contributed by atoms with Crippen LogP contribution in [0.25, 0.3) is 10.9 Å². The van der Waals surface area contributed by atoms with E-state index < -0.39 is 10.9 Å². The van der Waals surface area contributed by atoms with Crippen molar-refractivity contribution in [3.63, 3.8) is 0 Å². The van der Waals surface area contributed by atoms with Gasteiger partial charge < -0.3 is 9.84 Å². The van der Waals surface area contributed by atoms with Crippen LogP contribution in [-0.2, 0) is 13.0 Å². The molecule has 3 aromatic carbocycles. The first kappa shape index (κ1) is 26.7. The van der Waals surface area contributed by atoms with Crippen molar-refractivity contribution in [3.05, 3.63) is 108 Å². The number of carboxylic acid groups (broad SMARTS) is 1. The summed E-state index contributed by atoms with van der Waals surface area (Å²) in [5, 5.41) is 25.6. The van der Waals surface area contributed by atoms with E-state index >= 15 is 0 Å². The number of halogens is 1. The number of aryl methyl sites for hydroxylation is 1. The van der Waals surface area contributed by atoms with Crippen LogP contribution in [0.5, 0.6) is 5.75 Å². The van der Waals surface area contributed by atoms with Gasteiger partial charge in [0.25, 0.3) is 5.56 Å². The summed E-state index contributed by atoms with van der Waals surface area (Å²) in [5.74, 6) is -0.556. The SMILES string of the molecule is CCCCc1nc2ccc(Br)cc2c(=O)n1N=Cc1ccc(OCc2cccc(C(=O)O)c2)c([N+](=O)[O-])c1. The number of hydrogen-bond donors (Lipinski definition) is 1. The maximum atomic E-state index is 13.2. The minimum absolute atomic E-state index is 0.0194. The molecule has 0 aliphatic rings. The number of nitro groups is 1. The van der Waals surface area contributed by atoms with Gasteiger partial charge in [0.05, 0.1) is 27.6 Å². The van der Waals surface area contributed by atoms with E-state index in [0.717, 1.165) is 17.3 Å². The number of carbonyl (C=O) groups is 1. The average Bonchev–Trinajstić information content (AvgIpc) is 2.91. The first-order valence-electron chi connectivity index (χ1n) is 11.8. The number of rotatable bonds is 10. The molecule has 0 fully saturated rings. The van der Waals surface area contributed by atoms with Gasteiger partial charge in [-0.25, -0.2) is 9.78 Å². The van der Waals surface area contributed by atoms with E-state index in [2.05, 4.69) is 26.0 Å². The van der Waals surface area contributed by atoms with E-state index in [4.69, 9.17) is 9.84 Å². The third-order valence-electron chi connectivity index (χ3n) is 5.70. The Morgan fingerprint density at radius 1 is 1.21 bits per heavy atom. The van der Waals surface area contributed by atoms with E-state index in [1.54, 1.807) is 30.3 Å². The number of aromatic carboxylic acids is 1. The Hall–Kier alpha value is -4.38. The molecule has 0 atom stereocenters. The lowest BCUT2D eigenvalue weighted by Crippen LogP contribution is -2.22. The molecule has 0 spiro atoms. The summed E-state index contributed by atoms with van der Waals surface area (Å²) in [4.78, 5) is 40.2. The van der Waals surface area contributed by atoms with Crippen molar-refractivity contribution in [1.29, 1.82) is 0 Å². The van der Waals surface area contributed by atoms with Crippen LogP contribution < -0.4 is 10.3 Å². The van der Waals surface area contributed by atoms with Crippen LogP contribution in [-0.4, -0.2) is 31.9 Å². The van der Waals surface area contributed by atoms with E-state index in [1.807, 2.05) is 13.0 Å². The van der Waals surface area contributed by atoms with Gasteiger partial charge in [0, 0.05) is 22.5 Å². The highest BCUT2D eigenvalue weighted by molar-refractivity contribution is 9.10. The second-order valence-electron chi connectivity index (χ2n) is 8.43. The Kier molecular flexibility index (Phi) is 8.27. The minimum atomic E-state index is -1.08. The third kappa shape index (κ3) is 6.12. The van der Waals surface area contributed by atoms with Gasteiger partial charge in [0.15, 0.2) is 5.75 Å². The van der Waals surface area contributed by atoms with Gasteiger partial charge in [-0.15, -0.1) is 0 Å². The zero-order valence-electron chi connectivity index (χ0n) is 20.3. The molecule has 4 rings (SSSR count). The Bertz CT molecular complexity index is 1620. The first-order chi connectivity index (χ1) is 18.3. The summed E-state index contributed by atoms with van der Waals surface area (Å²) < 4.78 is 7.60. The molecule has 0 bridgehead atoms. The van der Waals surface area contributed by atoms with E-state index in [-0.39, 0.29) is 29.2 Å². The summed E-state index contributed by atoms with van der Waals surface area (Å²) in [7, 11) is 0. The third-order valence-corrected chi connectivity index (χ3v) is 6.19. The number of hydrogen-bond acceptors (Lipinski definition) is 7. The maximum Gasteiger partial charge on any atom is 0.335 e. The molecule has 0 unspecified atom stereocenters. The van der Waals surface area contributed by atoms with Gasteiger partial charge in [-0.3, -0.25) is 14.9 Å². The van der Waals surface area contributed by atoms with Crippen LogP contribution in [0.1, 0.15) is 47.1 Å². The summed E-state index contributed by atoms with van der Waals surface area (Å²) in [6.45, 7) is 1.99. The van der Waals surface area contributed by atoms with Crippen molar-refractivity contribution in [3.8, 4) is 5.75 Å². The summed E-state index contributed by atoms with van der Waals surface area (Å²) >= 11 is 3.38. The second-order valence-corrected chi connectivity index (χ2v) is 9.35. The van der Waals surface area contributed by atoms with Gasteiger partial charge in [-0.1, -0.05) is 41.4 Å². The smallest absolute Gasteiger partial charge is 0.335 e. The molecule has 194 valence electrons. The Balaban J connectivity index is 1.64. The number of ether oxygens (including phenoxy) is 1. The predicted molar refractivity (Wildman–Crippen MR) is 146 cm³/mol. The van der Waals surface area contributed by atoms with Crippen molar-refractivity contribution >= 4 is 44.7 Å². The number of unbranched alkanes of at least 4 members (excludes halogenated alkanes) is 1. The fraction of sp³-hybridized carbons (Fsp3) is 0.185. The van der Waals surface area contributed by atoms with Crippen LogP contribution in [0.2, 0.25) is 0 Å². The molecule has 0 saturated heterocycles. The fourth-order valence-electron chi connectivity index (χ4n) is 3.77. The topological polar surface area (TPSA) is 137 Å². The molecule has 4 aromatic rings. The summed E-state index contributed by atoms with van der Waals surface area (Å²) in [5.41, 5.74) is 0.982. The normalized spacial score (nSPS) is 11.2. The standard InChI is InChI=1S/C27H23BrN4O6/c1-2-3-7-25-30-22-10-9-20(28)14-21(22)26(33)31(25)29-15-17-8-11-24(23(13-17)32(36)37)38-16-18-5-4-6-19(12-18)27(34)35/h4-6,8-15H,2-3,7,16H2,1H3,(H,34,35). The maximum absolute atomic E-state index is 13.2. The lowest BCUT2D eigenvalue weighted by molar-refractivity contribution is -0.385. The monoisotopic (exact) mass is 578 g/mol. The number of nitrogens with zero attached hydrogens (tertiary/aromatic N) is 4. The van der Waals surface area contributed by atoms with Crippen LogP contribution in [0.15, 0.2) is 75.0 Å². The summed E-state index contributed by atoms with van der Waals surface area (Å²) in [6, 6.07) is 15.7. The molecule has 0 amide bonds. The van der Waals surface area contributed by atoms with Gasteiger partial charge in [-0.2, -0.15) is 9.78 Å². The zero-order valence-corrected chi connectivity index (χ0v) is 21.9. The van der Waals surface area contributed by atoms with Crippen LogP contribution in [0, 0.1) is 10.1 Å². The van der Waals surface area contributed by atoms with Crippen LogP contribution in [0.4, 0.5) is 5.69 Å². The Morgan fingerprint density at radius 2 is 2.03 bits per heavy atom. The molecule has 1 heterocycles. The molecular formula is C27H23BrN4O6. The molecule has 0 radical (unpaired) electrons. The fourth-order valence-corrected chi connectivity index (χ4v) is 4.13. The van der Waals surface area contributed by atoms with Gasteiger partial charge >= 0.3 is 11.7 Å². The highest BCUT2D eigenvalue weighted by atomic mass is 79.9. The zero-order chi connectivity index (χ0) is 27.2. The van der Waals surface area contributed by atoms with Gasteiger partial charge in [0.1, 0.15) is 12.4 Å². The van der Waals surface area contributed by atoms with E-state index in [9.17, 15) is 19.7 Å². The second kappa shape index (κ2) is 11.8. The molecule has 1 aromatic heterocycles. The van der Waals surface area contributed by atoms with Crippen molar-refractivity contribution in [2.24, 2.45) is 5.10 Å². The first-order valence-corrected chi connectivity index (χ1v) is 12.5. The van der Waals surface area contributed by atoms with Crippen LogP contribution >= 0.6 is 15.9 Å². The number of benzene rings is 3. The highest BCUT2D eigenvalue weighted by Crippen LogP contribution is 2.28. The molecular weight excluding hydrogens is 556 g/mol. The molecule has 0 aliphatic carbocycles. The molecule has 0 saturated carbocycles. The van der Waals surface area contributed by atoms with Gasteiger partial charge in [0.2, 0.25) is 0 Å². The van der Waals surface area contributed by atoms with Crippen molar-refractivity contribution in [1.82, 2.24) is 9.66 Å². The largest absolute Gasteiger partial charge is 0.482 e. The molecule has 0 aliphatic heterocycles. The number of nitro benzene ring substituents is 1. The van der Waals surface area contributed by atoms with Crippen molar-refractivity contribution in [2.75, 3.05) is 0 Å². The molecule has 1 N–H and O–H groups in total. The van der Waals surface area contributed by atoms with Crippen molar-refractivity contribution in [2.45, 2.75) is 32.8 Å². The Labute approximate surface area is 225 Å². The number of fused-ring (bicyclic) bond motifs is 1. The molecule has 38 heavy (non-hydrogen) atoms. The number of carboxylic acids is 1. The molecule has 10 nitrogen and oxygen atoms in total. The lowest BCUT2D eigenvalue weighted by atomic mass is 10.1. The van der Waals surface area contributed by atoms with Gasteiger partial charge in [-0.05, 0) is 54.4 Å². The van der Waals surface area contributed by atoms with E-state index in [0.29, 0.717) is 34.3 Å². The average molecular weight is 579 g/mol. The number of aromatic nitrogens is 2. The highest BCUT2D eigenvalue weighted by Gasteiger charge is 2.17. The lowest BCUT2D eigenvalue weighted by Gasteiger charge is -2.10. The van der Waals surface area contributed by atoms with Crippen molar-refractivity contribution < 1.29 is 19.6 Å². The summed E-state index contributed by atoms with van der Waals surface area (Å²) in [6.07, 6.45) is 3.64. The Morgan fingerprint density at radius 3 is 2.76 bits per heavy atom.